The molecule has 0 unspecified atom stereocenters. The van der Waals surface area contributed by atoms with Gasteiger partial charge in [0.1, 0.15) is 22.5 Å². The van der Waals surface area contributed by atoms with Crippen LogP contribution in [0.4, 0.5) is 0 Å². The Hall–Kier alpha value is -3.35. The lowest BCUT2D eigenvalue weighted by atomic mass is 10.1. The number of aromatic hydroxyl groups is 3. The molecule has 2 aromatic carbocycles. The van der Waals surface area contributed by atoms with Crippen LogP contribution in [0, 0.1) is 6.92 Å². The van der Waals surface area contributed by atoms with E-state index < -0.39 is 5.43 Å². The first kappa shape index (κ1) is 16.5. The Bertz CT molecular complexity index is 1030. The lowest BCUT2D eigenvalue weighted by molar-refractivity contribution is 0.392. The summed E-state index contributed by atoms with van der Waals surface area (Å²) >= 11 is 0. The number of hydrogen-bond donors (Lipinski definition) is 3. The van der Waals surface area contributed by atoms with Crippen LogP contribution in [0.25, 0.3) is 22.3 Å². The summed E-state index contributed by atoms with van der Waals surface area (Å²) < 4.78 is 16.1. The van der Waals surface area contributed by atoms with Crippen LogP contribution in [0.5, 0.6) is 28.7 Å². The Morgan fingerprint density at radius 3 is 2.32 bits per heavy atom. The normalized spacial score (nSPS) is 10.8. The van der Waals surface area contributed by atoms with E-state index in [0.717, 1.165) is 0 Å². The van der Waals surface area contributed by atoms with Gasteiger partial charge < -0.3 is 29.2 Å². The number of rotatable bonds is 3. The summed E-state index contributed by atoms with van der Waals surface area (Å²) in [5, 5.41) is 29.5. The highest BCUT2D eigenvalue weighted by atomic mass is 16.5. The Morgan fingerprint density at radius 1 is 1.00 bits per heavy atom. The standard InChI is InChI=1S/C18H16O7/c1-8-12(23-2)7-13-14(15(8)21)16(22)18(24-3)17(25-13)9-4-5-10(19)11(20)6-9/h4-7,19-21H,1-3H3. The maximum Gasteiger partial charge on any atom is 0.239 e. The van der Waals surface area contributed by atoms with Gasteiger partial charge in [-0.3, -0.25) is 4.79 Å². The molecule has 0 aliphatic heterocycles. The van der Waals surface area contributed by atoms with Crippen LogP contribution in [0.1, 0.15) is 5.56 Å². The lowest BCUT2D eigenvalue weighted by Crippen LogP contribution is -2.08. The summed E-state index contributed by atoms with van der Waals surface area (Å²) in [4.78, 5) is 12.8. The minimum Gasteiger partial charge on any atom is -0.507 e. The number of hydrogen-bond acceptors (Lipinski definition) is 7. The van der Waals surface area contributed by atoms with Crippen molar-refractivity contribution in [1.82, 2.24) is 0 Å². The maximum atomic E-state index is 12.8. The fraction of sp³-hybridized carbons (Fsp3) is 0.167. The minimum absolute atomic E-state index is 0.0260. The van der Waals surface area contributed by atoms with Gasteiger partial charge in [-0.25, -0.2) is 0 Å². The van der Waals surface area contributed by atoms with E-state index in [-0.39, 0.29) is 39.7 Å². The van der Waals surface area contributed by atoms with Gasteiger partial charge in [-0.1, -0.05) is 0 Å². The van der Waals surface area contributed by atoms with Crippen LogP contribution < -0.4 is 14.9 Å². The van der Waals surface area contributed by atoms with Crippen molar-refractivity contribution in [3.63, 3.8) is 0 Å². The second kappa shape index (κ2) is 5.94. The van der Waals surface area contributed by atoms with E-state index in [1.54, 1.807) is 6.92 Å². The molecule has 0 bridgehead atoms. The molecule has 7 nitrogen and oxygen atoms in total. The van der Waals surface area contributed by atoms with Gasteiger partial charge in [-0.2, -0.15) is 0 Å². The highest BCUT2D eigenvalue weighted by Crippen LogP contribution is 2.39. The zero-order chi connectivity index (χ0) is 18.3. The average molecular weight is 344 g/mol. The van der Waals surface area contributed by atoms with Crippen LogP contribution in [-0.2, 0) is 0 Å². The average Bonchev–Trinajstić information content (AvgIpc) is 2.59. The molecule has 0 radical (unpaired) electrons. The quantitative estimate of drug-likeness (QED) is 0.627. The maximum absolute atomic E-state index is 12.8. The number of phenols is 3. The molecule has 0 amide bonds. The Morgan fingerprint density at radius 2 is 1.72 bits per heavy atom. The van der Waals surface area contributed by atoms with Crippen molar-refractivity contribution in [2.24, 2.45) is 0 Å². The molecule has 0 aliphatic carbocycles. The molecule has 0 atom stereocenters. The monoisotopic (exact) mass is 344 g/mol. The van der Waals surface area contributed by atoms with Crippen molar-refractivity contribution < 1.29 is 29.2 Å². The van der Waals surface area contributed by atoms with Crippen molar-refractivity contribution in [3.05, 3.63) is 40.1 Å². The van der Waals surface area contributed by atoms with Crippen LogP contribution in [0.2, 0.25) is 0 Å². The van der Waals surface area contributed by atoms with Gasteiger partial charge >= 0.3 is 0 Å². The number of ether oxygens (including phenoxy) is 2. The summed E-state index contributed by atoms with van der Waals surface area (Å²) in [5.74, 6) is -0.634. The molecule has 0 saturated heterocycles. The van der Waals surface area contributed by atoms with Gasteiger partial charge in [0, 0.05) is 17.2 Å². The van der Waals surface area contributed by atoms with Gasteiger partial charge in [-0.05, 0) is 25.1 Å². The number of fused-ring (bicyclic) bond motifs is 1. The van der Waals surface area contributed by atoms with Crippen LogP contribution in [0.15, 0.2) is 33.5 Å². The second-order valence-corrected chi connectivity index (χ2v) is 5.42. The van der Waals surface area contributed by atoms with Crippen molar-refractivity contribution in [1.29, 1.82) is 0 Å². The van der Waals surface area contributed by atoms with E-state index in [1.165, 1.54) is 38.5 Å². The third-order valence-electron chi connectivity index (χ3n) is 3.98. The van der Waals surface area contributed by atoms with Crippen molar-refractivity contribution in [2.45, 2.75) is 6.92 Å². The van der Waals surface area contributed by atoms with E-state index >= 15 is 0 Å². The third-order valence-corrected chi connectivity index (χ3v) is 3.98. The van der Waals surface area contributed by atoms with Crippen molar-refractivity contribution in [2.75, 3.05) is 14.2 Å². The summed E-state index contributed by atoms with van der Waals surface area (Å²) in [6.07, 6.45) is 0. The highest BCUT2D eigenvalue weighted by molar-refractivity contribution is 5.90. The Kier molecular flexibility index (Phi) is 3.92. The van der Waals surface area contributed by atoms with E-state index in [9.17, 15) is 20.1 Å². The molecular formula is C18H16O7. The predicted octanol–water partition coefficient (Wildman–Crippen LogP) is 2.90. The van der Waals surface area contributed by atoms with Gasteiger partial charge in [0.05, 0.1) is 14.2 Å². The van der Waals surface area contributed by atoms with Crippen LogP contribution in [-0.4, -0.2) is 29.5 Å². The number of benzene rings is 2. The molecule has 0 fully saturated rings. The molecule has 3 rings (SSSR count). The van der Waals surface area contributed by atoms with E-state index in [4.69, 9.17) is 13.9 Å². The molecule has 1 heterocycles. The van der Waals surface area contributed by atoms with Crippen LogP contribution >= 0.6 is 0 Å². The highest BCUT2D eigenvalue weighted by Gasteiger charge is 2.22. The predicted molar refractivity (Wildman–Crippen MR) is 90.8 cm³/mol. The molecule has 1 aromatic heterocycles. The molecule has 3 aromatic rings. The molecule has 7 heteroatoms. The molecule has 0 aliphatic rings. The van der Waals surface area contributed by atoms with Gasteiger partial charge in [0.25, 0.3) is 0 Å². The van der Waals surface area contributed by atoms with Gasteiger partial charge in [-0.15, -0.1) is 0 Å². The largest absolute Gasteiger partial charge is 0.507 e. The first-order valence-corrected chi connectivity index (χ1v) is 7.32. The molecule has 130 valence electrons. The van der Waals surface area contributed by atoms with Crippen molar-refractivity contribution in [3.8, 4) is 40.1 Å². The Balaban J connectivity index is 2.42. The fourth-order valence-corrected chi connectivity index (χ4v) is 2.65. The summed E-state index contributed by atoms with van der Waals surface area (Å²) in [5.41, 5.74) is 0.271. The second-order valence-electron chi connectivity index (χ2n) is 5.42. The van der Waals surface area contributed by atoms with E-state index in [0.29, 0.717) is 16.9 Å². The molecule has 3 N–H and O–H groups in total. The van der Waals surface area contributed by atoms with Gasteiger partial charge in [0.15, 0.2) is 17.3 Å². The zero-order valence-electron chi connectivity index (χ0n) is 13.8. The number of methoxy groups -OCH3 is 2. The van der Waals surface area contributed by atoms with Crippen LogP contribution in [0.3, 0.4) is 0 Å². The van der Waals surface area contributed by atoms with Gasteiger partial charge in [0.2, 0.25) is 11.2 Å². The molecule has 0 spiro atoms. The summed E-state index contributed by atoms with van der Waals surface area (Å²) in [6.45, 7) is 1.62. The fourth-order valence-electron chi connectivity index (χ4n) is 2.65. The van der Waals surface area contributed by atoms with E-state index in [2.05, 4.69) is 0 Å². The summed E-state index contributed by atoms with van der Waals surface area (Å²) in [7, 11) is 2.74. The molecular weight excluding hydrogens is 328 g/mol. The smallest absolute Gasteiger partial charge is 0.239 e. The van der Waals surface area contributed by atoms with Crippen molar-refractivity contribution >= 4 is 11.0 Å². The lowest BCUT2D eigenvalue weighted by Gasteiger charge is -2.13. The molecule has 0 saturated carbocycles. The minimum atomic E-state index is -0.561. The number of phenolic OH excluding ortho intramolecular Hbond substituents is 3. The zero-order valence-corrected chi connectivity index (χ0v) is 13.8. The Labute approximate surface area is 142 Å². The summed E-state index contributed by atoms with van der Waals surface area (Å²) in [6, 6.07) is 5.47. The SMILES string of the molecule is COc1cc2oc(-c3ccc(O)c(O)c3)c(OC)c(=O)c2c(O)c1C. The first-order chi connectivity index (χ1) is 11.9. The van der Waals surface area contributed by atoms with E-state index in [1.807, 2.05) is 0 Å². The third kappa shape index (κ3) is 2.50. The molecule has 25 heavy (non-hydrogen) atoms. The topological polar surface area (TPSA) is 109 Å². The first-order valence-electron chi connectivity index (χ1n) is 7.32.